The molecule has 1 aliphatic heterocycles. The quantitative estimate of drug-likeness (QED) is 0.480. The van der Waals surface area contributed by atoms with E-state index in [9.17, 15) is 4.79 Å². The second-order valence-corrected chi connectivity index (χ2v) is 2.33. The summed E-state index contributed by atoms with van der Waals surface area (Å²) in [5.41, 5.74) is 1.42. The van der Waals surface area contributed by atoms with Gasteiger partial charge in [0.25, 0.3) is 0 Å². The van der Waals surface area contributed by atoms with Gasteiger partial charge in [-0.3, -0.25) is 9.79 Å². The molecule has 3 nitrogen and oxygen atoms in total. The molecule has 0 N–H and O–H groups in total. The molecule has 0 aliphatic carbocycles. The fourth-order valence-corrected chi connectivity index (χ4v) is 1.12. The summed E-state index contributed by atoms with van der Waals surface area (Å²) in [7, 11) is 0. The average molecular weight is 146 g/mol. The molecule has 2 rings (SSSR count). The highest BCUT2D eigenvalue weighted by molar-refractivity contribution is 5.99. The van der Waals surface area contributed by atoms with Crippen molar-refractivity contribution in [3.8, 4) is 0 Å². The van der Waals surface area contributed by atoms with E-state index < -0.39 is 0 Å². The summed E-state index contributed by atoms with van der Waals surface area (Å²) in [5, 5.41) is 0.877. The van der Waals surface area contributed by atoms with Gasteiger partial charge < -0.3 is 0 Å². The van der Waals surface area contributed by atoms with E-state index in [4.69, 9.17) is 0 Å². The summed E-state index contributed by atoms with van der Waals surface area (Å²) in [6.07, 6.45) is 2.52. The number of pyridine rings is 1. The van der Waals surface area contributed by atoms with Crippen LogP contribution < -0.4 is 10.7 Å². The van der Waals surface area contributed by atoms with Crippen molar-refractivity contribution in [1.29, 1.82) is 0 Å². The van der Waals surface area contributed by atoms with Crippen LogP contribution in [0.25, 0.3) is 5.57 Å². The topological polar surface area (TPSA) is 42.3 Å². The normalized spacial score (nSPS) is 14.0. The highest BCUT2D eigenvalue weighted by atomic mass is 16.1. The van der Waals surface area contributed by atoms with Crippen LogP contribution in [0.5, 0.6) is 0 Å². The predicted octanol–water partition coefficient (Wildman–Crippen LogP) is -0.936. The fraction of sp³-hybridized carbons (Fsp3) is 0.125. The molecule has 0 radical (unpaired) electrons. The van der Waals surface area contributed by atoms with Crippen LogP contribution in [0, 0.1) is 0 Å². The van der Waals surface area contributed by atoms with E-state index >= 15 is 0 Å². The Hall–Kier alpha value is -1.51. The van der Waals surface area contributed by atoms with Crippen LogP contribution in [-0.4, -0.2) is 17.8 Å². The smallest absolute Gasteiger partial charge is 0.155 e. The summed E-state index contributed by atoms with van der Waals surface area (Å²) in [5.74, 6) is 0. The highest BCUT2D eigenvalue weighted by Gasteiger charge is 2.03. The van der Waals surface area contributed by atoms with E-state index in [1.807, 2.05) is 12.1 Å². The van der Waals surface area contributed by atoms with Crippen LogP contribution in [0.1, 0.15) is 0 Å². The van der Waals surface area contributed by atoms with Gasteiger partial charge in [-0.25, -0.2) is 4.98 Å². The van der Waals surface area contributed by atoms with Crippen LogP contribution >= 0.6 is 0 Å². The summed E-state index contributed by atoms with van der Waals surface area (Å²) in [6.45, 7) is 0.482. The number of rotatable bonds is 1. The Kier molecular flexibility index (Phi) is 1.28. The first-order valence-electron chi connectivity index (χ1n) is 3.35. The third-order valence-electron chi connectivity index (χ3n) is 1.67. The first-order valence-corrected chi connectivity index (χ1v) is 3.35. The number of aldehydes is 1. The molecule has 0 atom stereocenters. The molecule has 1 aromatic rings. The molecule has 0 amide bonds. The molecule has 3 heteroatoms. The Labute approximate surface area is 63.1 Å². The summed E-state index contributed by atoms with van der Waals surface area (Å²) < 4.78 is 0. The van der Waals surface area contributed by atoms with Crippen molar-refractivity contribution in [3.05, 3.63) is 29.0 Å². The van der Waals surface area contributed by atoms with Crippen LogP contribution in [0.3, 0.4) is 0 Å². The first-order chi connectivity index (χ1) is 5.42. The molecule has 0 saturated heterocycles. The molecule has 0 spiro atoms. The number of fused-ring (bicyclic) bond motifs is 1. The third-order valence-corrected chi connectivity index (χ3v) is 1.67. The van der Waals surface area contributed by atoms with Gasteiger partial charge in [-0.1, -0.05) is 0 Å². The summed E-state index contributed by atoms with van der Waals surface area (Å²) >= 11 is 0. The van der Waals surface area contributed by atoms with Crippen molar-refractivity contribution < 1.29 is 4.79 Å². The fourth-order valence-electron chi connectivity index (χ4n) is 1.12. The van der Waals surface area contributed by atoms with E-state index in [0.717, 1.165) is 17.1 Å². The molecule has 0 saturated carbocycles. The van der Waals surface area contributed by atoms with Gasteiger partial charge >= 0.3 is 0 Å². The third kappa shape index (κ3) is 0.852. The van der Waals surface area contributed by atoms with Gasteiger partial charge in [0.15, 0.2) is 5.49 Å². The minimum absolute atomic E-state index is 0.482. The number of aromatic nitrogens is 1. The van der Waals surface area contributed by atoms with Crippen LogP contribution in [0.15, 0.2) is 23.3 Å². The van der Waals surface area contributed by atoms with Crippen LogP contribution in [0.2, 0.25) is 0 Å². The zero-order valence-corrected chi connectivity index (χ0v) is 5.82. The zero-order valence-electron chi connectivity index (χ0n) is 5.82. The van der Waals surface area contributed by atoms with Crippen molar-refractivity contribution in [2.24, 2.45) is 4.99 Å². The van der Waals surface area contributed by atoms with Gasteiger partial charge in [0.1, 0.15) is 6.29 Å². The van der Waals surface area contributed by atoms with Crippen molar-refractivity contribution in [1.82, 2.24) is 4.98 Å². The zero-order chi connectivity index (χ0) is 7.68. The summed E-state index contributed by atoms with van der Waals surface area (Å²) in [4.78, 5) is 18.5. The Morgan fingerprint density at radius 3 is 3.27 bits per heavy atom. The molecule has 0 unspecified atom stereocenters. The minimum Gasteiger partial charge on any atom is -0.298 e. The largest absolute Gasteiger partial charge is 0.298 e. The van der Waals surface area contributed by atoms with E-state index in [-0.39, 0.29) is 0 Å². The number of nitrogens with zero attached hydrogens (tertiary/aromatic N) is 2. The Balaban J connectivity index is 2.89. The Morgan fingerprint density at radius 1 is 1.55 bits per heavy atom. The Bertz CT molecular complexity index is 408. The van der Waals surface area contributed by atoms with Crippen LogP contribution in [-0.2, 0) is 4.79 Å². The number of carbonyl (C=O) groups is 1. The highest BCUT2D eigenvalue weighted by Crippen LogP contribution is 1.90. The van der Waals surface area contributed by atoms with Gasteiger partial charge in [0.2, 0.25) is 0 Å². The van der Waals surface area contributed by atoms with Gasteiger partial charge in [0, 0.05) is 17.0 Å². The molecule has 11 heavy (non-hydrogen) atoms. The van der Waals surface area contributed by atoms with Crippen molar-refractivity contribution >= 4 is 11.9 Å². The maximum Gasteiger partial charge on any atom is 0.155 e. The molecular formula is C8H6N2O. The number of hydrogen-bond donors (Lipinski definition) is 0. The minimum atomic E-state index is 0.482. The maximum absolute atomic E-state index is 10.4. The molecule has 0 bridgehead atoms. The lowest BCUT2D eigenvalue weighted by Crippen LogP contribution is -2.25. The Morgan fingerprint density at radius 2 is 2.45 bits per heavy atom. The maximum atomic E-state index is 10.4. The molecule has 2 heterocycles. The molecule has 0 fully saturated rings. The lowest BCUT2D eigenvalue weighted by molar-refractivity contribution is -0.103. The van der Waals surface area contributed by atoms with Crippen molar-refractivity contribution in [2.75, 3.05) is 6.54 Å². The van der Waals surface area contributed by atoms with Gasteiger partial charge in [-0.05, 0) is 12.1 Å². The lowest BCUT2D eigenvalue weighted by atomic mass is 10.2. The second kappa shape index (κ2) is 2.27. The van der Waals surface area contributed by atoms with E-state index in [1.165, 1.54) is 0 Å². The second-order valence-electron chi connectivity index (χ2n) is 2.33. The lowest BCUT2D eigenvalue weighted by Gasteiger charge is -1.82. The SMILES string of the molecule is O=CC1=c2cccnc2=NC1. The molecule has 1 aliphatic rings. The van der Waals surface area contributed by atoms with Gasteiger partial charge in [0.05, 0.1) is 6.54 Å². The molecule has 0 aromatic carbocycles. The van der Waals surface area contributed by atoms with E-state index in [2.05, 4.69) is 9.98 Å². The summed E-state index contributed by atoms with van der Waals surface area (Å²) in [6, 6.07) is 3.67. The van der Waals surface area contributed by atoms with E-state index in [0.29, 0.717) is 12.0 Å². The van der Waals surface area contributed by atoms with Gasteiger partial charge in [-0.2, -0.15) is 0 Å². The monoisotopic (exact) mass is 146 g/mol. The number of hydrogen-bond acceptors (Lipinski definition) is 3. The van der Waals surface area contributed by atoms with Crippen molar-refractivity contribution in [2.45, 2.75) is 0 Å². The average Bonchev–Trinajstić information content (AvgIpc) is 2.47. The van der Waals surface area contributed by atoms with Crippen LogP contribution in [0.4, 0.5) is 0 Å². The van der Waals surface area contributed by atoms with E-state index in [1.54, 1.807) is 6.20 Å². The first kappa shape index (κ1) is 6.22. The van der Waals surface area contributed by atoms with Gasteiger partial charge in [-0.15, -0.1) is 0 Å². The molecule has 1 aromatic heterocycles. The predicted molar refractivity (Wildman–Crippen MR) is 39.4 cm³/mol. The molecule has 54 valence electrons. The standard InChI is InChI=1S/C8H6N2O/c11-5-6-4-10-8-7(6)2-1-3-9-8/h1-3,5H,4H2. The molecular weight excluding hydrogens is 140 g/mol. The number of carbonyl (C=O) groups excluding carboxylic acids is 1. The van der Waals surface area contributed by atoms with Crippen molar-refractivity contribution in [3.63, 3.8) is 0 Å².